The van der Waals surface area contributed by atoms with Gasteiger partial charge in [0.25, 0.3) is 0 Å². The third kappa shape index (κ3) is 0.980. The second-order valence-corrected chi connectivity index (χ2v) is 4.48. The van der Waals surface area contributed by atoms with Crippen molar-refractivity contribution < 1.29 is 14.3 Å². The Morgan fingerprint density at radius 2 is 2.29 bits per heavy atom. The smallest absolute Gasteiger partial charge is 0.246 e. The molecule has 0 N–H and O–H groups in total. The summed E-state index contributed by atoms with van der Waals surface area (Å²) >= 11 is 0. The van der Waals surface area contributed by atoms with E-state index in [2.05, 4.69) is 0 Å². The molecule has 1 amide bonds. The van der Waals surface area contributed by atoms with E-state index >= 15 is 0 Å². The van der Waals surface area contributed by atoms with Crippen LogP contribution in [0, 0.1) is 0 Å². The Balaban J connectivity index is 1.87. The highest BCUT2D eigenvalue weighted by Gasteiger charge is 2.54. The van der Waals surface area contributed by atoms with E-state index < -0.39 is 5.79 Å². The molecule has 0 unspecified atom stereocenters. The van der Waals surface area contributed by atoms with E-state index in [9.17, 15) is 4.79 Å². The molecule has 3 atom stereocenters. The second-order valence-electron chi connectivity index (χ2n) is 4.48. The first-order chi connectivity index (χ1) is 6.57. The first kappa shape index (κ1) is 8.44. The van der Waals surface area contributed by atoms with E-state index in [-0.39, 0.29) is 24.2 Å². The molecule has 0 saturated carbocycles. The van der Waals surface area contributed by atoms with Crippen LogP contribution in [0.15, 0.2) is 12.2 Å². The summed E-state index contributed by atoms with van der Waals surface area (Å²) < 4.78 is 11.5. The molecule has 4 nitrogen and oxygen atoms in total. The molecule has 3 aliphatic rings. The summed E-state index contributed by atoms with van der Waals surface area (Å²) in [7, 11) is 0. The van der Waals surface area contributed by atoms with Gasteiger partial charge in [-0.15, -0.1) is 0 Å². The molecular weight excluding hydrogens is 182 g/mol. The lowest BCUT2D eigenvalue weighted by Crippen LogP contribution is -2.36. The lowest BCUT2D eigenvalue weighted by Gasteiger charge is -2.24. The fraction of sp³-hybridized carbons (Fsp3) is 0.700. The molecule has 2 saturated heterocycles. The van der Waals surface area contributed by atoms with Gasteiger partial charge >= 0.3 is 0 Å². The summed E-state index contributed by atoms with van der Waals surface area (Å²) in [5.74, 6) is -0.421. The largest absolute Gasteiger partial charge is 0.343 e. The van der Waals surface area contributed by atoms with Crippen molar-refractivity contribution in [2.75, 3.05) is 6.54 Å². The molecule has 3 rings (SSSR count). The van der Waals surface area contributed by atoms with Crippen molar-refractivity contribution >= 4 is 5.91 Å². The quantitative estimate of drug-likeness (QED) is 0.557. The van der Waals surface area contributed by atoms with E-state index in [0.29, 0.717) is 6.54 Å². The SMILES string of the molecule is CC1(C)O[C@@H]2[C@@H](CN3C(=O)C=C[C@@H]23)O1. The van der Waals surface area contributed by atoms with Crippen LogP contribution in [0.25, 0.3) is 0 Å². The zero-order valence-corrected chi connectivity index (χ0v) is 8.27. The molecule has 4 heteroatoms. The molecule has 3 aliphatic heterocycles. The Kier molecular flexibility index (Phi) is 1.43. The number of carbonyl (C=O) groups excluding carboxylic acids is 1. The molecule has 14 heavy (non-hydrogen) atoms. The van der Waals surface area contributed by atoms with Crippen LogP contribution >= 0.6 is 0 Å². The molecule has 76 valence electrons. The molecule has 0 spiro atoms. The van der Waals surface area contributed by atoms with Gasteiger partial charge in [0.15, 0.2) is 5.79 Å². The van der Waals surface area contributed by atoms with E-state index in [0.717, 1.165) is 0 Å². The van der Waals surface area contributed by atoms with Gasteiger partial charge in [0.05, 0.1) is 12.6 Å². The van der Waals surface area contributed by atoms with E-state index in [4.69, 9.17) is 9.47 Å². The Morgan fingerprint density at radius 3 is 3.07 bits per heavy atom. The van der Waals surface area contributed by atoms with Crippen molar-refractivity contribution in [2.45, 2.75) is 37.9 Å². The maximum absolute atomic E-state index is 11.4. The van der Waals surface area contributed by atoms with Gasteiger partial charge in [-0.3, -0.25) is 4.79 Å². The molecule has 0 radical (unpaired) electrons. The van der Waals surface area contributed by atoms with E-state index in [1.165, 1.54) is 0 Å². The normalized spacial score (nSPS) is 43.1. The van der Waals surface area contributed by atoms with Gasteiger partial charge in [-0.05, 0) is 13.8 Å². The van der Waals surface area contributed by atoms with Crippen LogP contribution in [-0.2, 0) is 14.3 Å². The van der Waals surface area contributed by atoms with Crippen molar-refractivity contribution in [3.8, 4) is 0 Å². The minimum atomic E-state index is -0.499. The van der Waals surface area contributed by atoms with Crippen LogP contribution in [-0.4, -0.2) is 41.4 Å². The predicted octanol–water partition coefficient (Wildman–Crippen LogP) is 0.287. The van der Waals surface area contributed by atoms with E-state index in [1.54, 1.807) is 6.08 Å². The van der Waals surface area contributed by atoms with Crippen LogP contribution in [0.4, 0.5) is 0 Å². The summed E-state index contributed by atoms with van der Waals surface area (Å²) in [6.45, 7) is 4.48. The molecule has 0 aromatic carbocycles. The number of amides is 1. The number of hydrogen-bond acceptors (Lipinski definition) is 3. The molecule has 0 aromatic heterocycles. The van der Waals surface area contributed by atoms with Crippen molar-refractivity contribution in [1.82, 2.24) is 4.90 Å². The lowest BCUT2D eigenvalue weighted by atomic mass is 10.1. The van der Waals surface area contributed by atoms with Crippen LogP contribution < -0.4 is 0 Å². The fourth-order valence-corrected chi connectivity index (χ4v) is 2.51. The number of rotatable bonds is 0. The second kappa shape index (κ2) is 2.38. The standard InChI is InChI=1S/C10H13NO3/c1-10(2)13-7-5-11-6(9(7)14-10)3-4-8(11)12/h3-4,6-7,9H,5H2,1-2H3/t6-,7+,9-/m0/s1. The van der Waals surface area contributed by atoms with Crippen LogP contribution in [0.1, 0.15) is 13.8 Å². The average Bonchev–Trinajstić information content (AvgIpc) is 2.63. The molecule has 0 bridgehead atoms. The topological polar surface area (TPSA) is 38.8 Å². The maximum Gasteiger partial charge on any atom is 0.246 e. The van der Waals surface area contributed by atoms with Crippen molar-refractivity contribution in [3.05, 3.63) is 12.2 Å². The average molecular weight is 195 g/mol. The van der Waals surface area contributed by atoms with Crippen LogP contribution in [0.3, 0.4) is 0 Å². The molecular formula is C10H13NO3. The maximum atomic E-state index is 11.4. The van der Waals surface area contributed by atoms with Crippen LogP contribution in [0.2, 0.25) is 0 Å². The minimum Gasteiger partial charge on any atom is -0.343 e. The molecule has 0 aromatic rings. The summed E-state index contributed by atoms with van der Waals surface area (Å²) in [5.41, 5.74) is 0. The van der Waals surface area contributed by atoms with Gasteiger partial charge in [-0.2, -0.15) is 0 Å². The molecule has 3 heterocycles. The third-order valence-corrected chi connectivity index (χ3v) is 3.01. The van der Waals surface area contributed by atoms with Gasteiger partial charge in [-0.1, -0.05) is 6.08 Å². The van der Waals surface area contributed by atoms with E-state index in [1.807, 2.05) is 24.8 Å². The number of carbonyl (C=O) groups is 1. The Morgan fingerprint density at radius 1 is 1.50 bits per heavy atom. The monoisotopic (exact) mass is 195 g/mol. The Labute approximate surface area is 82.5 Å². The zero-order valence-electron chi connectivity index (χ0n) is 8.27. The summed E-state index contributed by atoms with van der Waals surface area (Å²) in [6.07, 6.45) is 3.60. The minimum absolute atomic E-state index is 0.0210. The zero-order chi connectivity index (χ0) is 9.92. The Hall–Kier alpha value is -0.870. The summed E-state index contributed by atoms with van der Waals surface area (Å²) in [6, 6.07) is 0.0919. The van der Waals surface area contributed by atoms with Crippen molar-refractivity contribution in [3.63, 3.8) is 0 Å². The number of ether oxygens (including phenoxy) is 2. The number of nitrogens with zero attached hydrogens (tertiary/aromatic N) is 1. The van der Waals surface area contributed by atoms with Gasteiger partial charge in [0.2, 0.25) is 5.91 Å². The van der Waals surface area contributed by atoms with Crippen molar-refractivity contribution in [2.24, 2.45) is 0 Å². The highest BCUT2D eigenvalue weighted by Crippen LogP contribution is 2.38. The van der Waals surface area contributed by atoms with Gasteiger partial charge < -0.3 is 14.4 Å². The number of fused-ring (bicyclic) bond motifs is 3. The third-order valence-electron chi connectivity index (χ3n) is 3.01. The van der Waals surface area contributed by atoms with Gasteiger partial charge in [0, 0.05) is 6.08 Å². The van der Waals surface area contributed by atoms with Gasteiger partial charge in [0.1, 0.15) is 12.2 Å². The highest BCUT2D eigenvalue weighted by molar-refractivity contribution is 5.91. The first-order valence-electron chi connectivity index (χ1n) is 4.91. The summed E-state index contributed by atoms with van der Waals surface area (Å²) in [5, 5.41) is 0. The lowest BCUT2D eigenvalue weighted by molar-refractivity contribution is -0.161. The molecule has 2 fully saturated rings. The predicted molar refractivity (Wildman–Crippen MR) is 48.5 cm³/mol. The number of hydrogen-bond donors (Lipinski definition) is 0. The first-order valence-corrected chi connectivity index (χ1v) is 4.91. The van der Waals surface area contributed by atoms with Crippen LogP contribution in [0.5, 0.6) is 0 Å². The van der Waals surface area contributed by atoms with Gasteiger partial charge in [-0.25, -0.2) is 0 Å². The summed E-state index contributed by atoms with van der Waals surface area (Å²) in [4.78, 5) is 13.2. The van der Waals surface area contributed by atoms with Crippen molar-refractivity contribution in [1.29, 1.82) is 0 Å². The molecule has 0 aliphatic carbocycles. The Bertz CT molecular complexity index is 323. The fourth-order valence-electron chi connectivity index (χ4n) is 2.51. The highest BCUT2D eigenvalue weighted by atomic mass is 16.8.